The van der Waals surface area contributed by atoms with Crippen molar-refractivity contribution in [3.8, 4) is 0 Å². The summed E-state index contributed by atoms with van der Waals surface area (Å²) in [7, 11) is 1.64. The van der Waals surface area contributed by atoms with Crippen molar-refractivity contribution in [2.24, 2.45) is 0 Å². The monoisotopic (exact) mass is 441 g/mol. The van der Waals surface area contributed by atoms with Crippen LogP contribution in [0.1, 0.15) is 32.1 Å². The molecule has 0 aliphatic carbocycles. The van der Waals surface area contributed by atoms with Gasteiger partial charge in [0.1, 0.15) is 0 Å². The Morgan fingerprint density at radius 1 is 1.17 bits per heavy atom. The van der Waals surface area contributed by atoms with Gasteiger partial charge in [-0.05, 0) is 66.8 Å². The van der Waals surface area contributed by atoms with Gasteiger partial charge >= 0.3 is 5.97 Å². The molecule has 1 aromatic carbocycles. The number of carbonyl (C=O) groups excluding carboxylic acids is 2. The van der Waals surface area contributed by atoms with Crippen molar-refractivity contribution in [1.82, 2.24) is 4.57 Å². The van der Waals surface area contributed by atoms with Crippen molar-refractivity contribution >= 4 is 34.3 Å². The largest absolute Gasteiger partial charge is 0.454 e. The van der Waals surface area contributed by atoms with Crippen LogP contribution in [0.3, 0.4) is 0 Å². The molecule has 24 heavy (non-hydrogen) atoms. The van der Waals surface area contributed by atoms with Crippen LogP contribution in [0.25, 0.3) is 0 Å². The second kappa shape index (κ2) is 8.43. The Balaban J connectivity index is 2.02. The lowest BCUT2D eigenvalue weighted by Crippen LogP contribution is -2.15. The van der Waals surface area contributed by atoms with E-state index in [1.807, 2.05) is 36.6 Å². The van der Waals surface area contributed by atoms with Gasteiger partial charge in [-0.3, -0.25) is 4.79 Å². The van der Waals surface area contributed by atoms with Crippen molar-refractivity contribution in [2.45, 2.75) is 20.4 Å². The number of hydrogen-bond donors (Lipinski definition) is 0. The molecule has 2 aromatic rings. The van der Waals surface area contributed by atoms with E-state index in [1.54, 1.807) is 19.2 Å². The Hall–Kier alpha value is -1.67. The van der Waals surface area contributed by atoms with E-state index in [4.69, 9.17) is 9.47 Å². The fourth-order valence-electron chi connectivity index (χ4n) is 2.49. The predicted molar refractivity (Wildman–Crippen MR) is 99.6 cm³/mol. The first-order valence-corrected chi connectivity index (χ1v) is 8.63. The highest BCUT2D eigenvalue weighted by atomic mass is 127. The zero-order valence-electron chi connectivity index (χ0n) is 14.0. The lowest BCUT2D eigenvalue weighted by atomic mass is 10.1. The molecular weight excluding hydrogens is 421 g/mol. The number of nitrogens with zero attached hydrogens (tertiary/aromatic N) is 1. The fourth-order valence-corrected chi connectivity index (χ4v) is 2.85. The summed E-state index contributed by atoms with van der Waals surface area (Å²) in [5, 5.41) is 0. The number of ketones is 1. The van der Waals surface area contributed by atoms with E-state index >= 15 is 0 Å². The third kappa shape index (κ3) is 4.45. The maximum Gasteiger partial charge on any atom is 0.338 e. The van der Waals surface area contributed by atoms with Crippen LogP contribution in [0.15, 0.2) is 30.3 Å². The maximum atomic E-state index is 12.4. The van der Waals surface area contributed by atoms with Crippen LogP contribution in [-0.4, -0.2) is 36.6 Å². The molecule has 0 saturated carbocycles. The second-order valence-corrected chi connectivity index (χ2v) is 6.68. The van der Waals surface area contributed by atoms with E-state index in [0.29, 0.717) is 24.3 Å². The smallest absolute Gasteiger partial charge is 0.338 e. The minimum atomic E-state index is -0.493. The summed E-state index contributed by atoms with van der Waals surface area (Å²) in [6, 6.07) is 8.84. The summed E-state index contributed by atoms with van der Waals surface area (Å²) < 4.78 is 13.3. The number of hydrogen-bond acceptors (Lipinski definition) is 4. The average molecular weight is 441 g/mol. The van der Waals surface area contributed by atoms with Crippen LogP contribution < -0.4 is 0 Å². The van der Waals surface area contributed by atoms with Crippen molar-refractivity contribution in [1.29, 1.82) is 0 Å². The van der Waals surface area contributed by atoms with Gasteiger partial charge in [0.15, 0.2) is 6.61 Å². The first-order chi connectivity index (χ1) is 11.4. The predicted octanol–water partition coefficient (Wildman–Crippen LogP) is 3.40. The summed E-state index contributed by atoms with van der Waals surface area (Å²) in [6.45, 7) is 4.82. The number of benzene rings is 1. The SMILES string of the molecule is COCCn1c(C)cc(C(=O)COC(=O)c2ccc(I)cc2)c1C. The lowest BCUT2D eigenvalue weighted by molar-refractivity contribution is 0.0474. The summed E-state index contributed by atoms with van der Waals surface area (Å²) in [5.74, 6) is -0.696. The van der Waals surface area contributed by atoms with Crippen molar-refractivity contribution in [3.05, 3.63) is 56.4 Å². The van der Waals surface area contributed by atoms with Crippen LogP contribution in [0.5, 0.6) is 0 Å². The number of carbonyl (C=O) groups is 2. The Morgan fingerprint density at radius 2 is 1.83 bits per heavy atom. The second-order valence-electron chi connectivity index (χ2n) is 5.44. The molecule has 128 valence electrons. The van der Waals surface area contributed by atoms with Gasteiger partial charge in [0, 0.05) is 34.2 Å². The molecule has 5 nitrogen and oxygen atoms in total. The number of aromatic nitrogens is 1. The highest BCUT2D eigenvalue weighted by Gasteiger charge is 2.17. The molecule has 0 amide bonds. The molecule has 0 aliphatic rings. The van der Waals surface area contributed by atoms with Crippen LogP contribution in [0, 0.1) is 17.4 Å². The Labute approximate surface area is 155 Å². The summed E-state index contributed by atoms with van der Waals surface area (Å²) in [6.07, 6.45) is 0. The highest BCUT2D eigenvalue weighted by Crippen LogP contribution is 2.16. The number of aryl methyl sites for hydroxylation is 1. The molecule has 0 unspecified atom stereocenters. The zero-order chi connectivity index (χ0) is 17.7. The fraction of sp³-hybridized carbons (Fsp3) is 0.333. The van der Waals surface area contributed by atoms with E-state index in [2.05, 4.69) is 22.6 Å². The quantitative estimate of drug-likeness (QED) is 0.376. The summed E-state index contributed by atoms with van der Waals surface area (Å²) in [5.41, 5.74) is 2.87. The molecule has 0 N–H and O–H groups in total. The van der Waals surface area contributed by atoms with Crippen LogP contribution in [0.4, 0.5) is 0 Å². The molecular formula is C18H20INO4. The summed E-state index contributed by atoms with van der Waals surface area (Å²) >= 11 is 2.16. The first kappa shape index (κ1) is 18.7. The molecule has 1 aromatic heterocycles. The third-order valence-corrected chi connectivity index (χ3v) is 4.53. The maximum absolute atomic E-state index is 12.4. The summed E-state index contributed by atoms with van der Waals surface area (Å²) in [4.78, 5) is 24.4. The molecule has 2 rings (SSSR count). The number of esters is 1. The third-order valence-electron chi connectivity index (χ3n) is 3.81. The van der Waals surface area contributed by atoms with E-state index in [1.165, 1.54) is 0 Å². The molecule has 0 radical (unpaired) electrons. The van der Waals surface area contributed by atoms with Gasteiger partial charge in [-0.15, -0.1) is 0 Å². The molecule has 0 spiro atoms. The van der Waals surface area contributed by atoms with Gasteiger partial charge in [-0.25, -0.2) is 4.79 Å². The van der Waals surface area contributed by atoms with Gasteiger partial charge in [-0.1, -0.05) is 0 Å². The Morgan fingerprint density at radius 3 is 2.46 bits per heavy atom. The molecule has 0 atom stereocenters. The average Bonchev–Trinajstić information content (AvgIpc) is 2.85. The van der Waals surface area contributed by atoms with Crippen molar-refractivity contribution in [3.63, 3.8) is 0 Å². The Bertz CT molecular complexity index is 734. The van der Waals surface area contributed by atoms with Gasteiger partial charge in [0.05, 0.1) is 12.2 Å². The van der Waals surface area contributed by atoms with Gasteiger partial charge < -0.3 is 14.0 Å². The standard InChI is InChI=1S/C18H20INO4/c1-12-10-16(13(2)20(12)8-9-23-3)17(21)11-24-18(22)14-4-6-15(19)7-5-14/h4-7,10H,8-9,11H2,1-3H3. The number of rotatable bonds is 7. The van der Waals surface area contributed by atoms with Gasteiger partial charge in [-0.2, -0.15) is 0 Å². The van der Waals surface area contributed by atoms with Crippen LogP contribution in [0.2, 0.25) is 0 Å². The van der Waals surface area contributed by atoms with Crippen molar-refractivity contribution in [2.75, 3.05) is 20.3 Å². The van der Waals surface area contributed by atoms with Crippen LogP contribution in [-0.2, 0) is 16.0 Å². The first-order valence-electron chi connectivity index (χ1n) is 7.55. The molecule has 0 aliphatic heterocycles. The number of ether oxygens (including phenoxy) is 2. The molecule has 0 bridgehead atoms. The minimum Gasteiger partial charge on any atom is -0.454 e. The van der Waals surface area contributed by atoms with Gasteiger partial charge in [0.2, 0.25) is 5.78 Å². The molecule has 0 fully saturated rings. The zero-order valence-corrected chi connectivity index (χ0v) is 16.1. The minimum absolute atomic E-state index is 0.203. The van der Waals surface area contributed by atoms with E-state index < -0.39 is 5.97 Å². The molecule has 0 saturated heterocycles. The normalized spacial score (nSPS) is 10.7. The molecule has 1 heterocycles. The lowest BCUT2D eigenvalue weighted by Gasteiger charge is -2.09. The van der Waals surface area contributed by atoms with E-state index in [9.17, 15) is 9.59 Å². The number of methoxy groups -OCH3 is 1. The van der Waals surface area contributed by atoms with Gasteiger partial charge in [0.25, 0.3) is 0 Å². The molecule has 6 heteroatoms. The van der Waals surface area contributed by atoms with E-state index in [-0.39, 0.29) is 12.4 Å². The van der Waals surface area contributed by atoms with Crippen molar-refractivity contribution < 1.29 is 19.1 Å². The number of halogens is 1. The van der Waals surface area contributed by atoms with Crippen LogP contribution >= 0.6 is 22.6 Å². The van der Waals surface area contributed by atoms with E-state index in [0.717, 1.165) is 15.0 Å². The number of Topliss-reactive ketones (excluding diaryl/α,β-unsaturated/α-hetero) is 1. The topological polar surface area (TPSA) is 57.5 Å². The highest BCUT2D eigenvalue weighted by molar-refractivity contribution is 14.1. The Kier molecular flexibility index (Phi) is 6.56.